The maximum absolute atomic E-state index is 9.20. The molecular formula is C15H15N3S. The number of hydrogen-bond donors (Lipinski definition) is 1. The van der Waals surface area contributed by atoms with Crippen LogP contribution in [0.15, 0.2) is 29.8 Å². The minimum atomic E-state index is 0.555. The van der Waals surface area contributed by atoms with Crippen LogP contribution in [0.2, 0.25) is 0 Å². The second kappa shape index (κ2) is 5.68. The number of rotatable bonds is 3. The van der Waals surface area contributed by atoms with E-state index in [0.717, 1.165) is 16.4 Å². The van der Waals surface area contributed by atoms with Crippen molar-refractivity contribution in [1.29, 1.82) is 5.26 Å². The molecule has 1 aromatic carbocycles. The summed E-state index contributed by atoms with van der Waals surface area (Å²) in [6.07, 6.45) is 1.72. The lowest BCUT2D eigenvalue weighted by atomic mass is 10.1. The molecule has 2 aromatic rings. The summed E-state index contributed by atoms with van der Waals surface area (Å²) in [5, 5.41) is 15.1. The van der Waals surface area contributed by atoms with Gasteiger partial charge in [0.25, 0.3) is 0 Å². The zero-order valence-electron chi connectivity index (χ0n) is 11.2. The number of benzene rings is 1. The van der Waals surface area contributed by atoms with E-state index in [1.165, 1.54) is 22.5 Å². The number of aryl methyl sites for hydroxylation is 2. The van der Waals surface area contributed by atoms with E-state index in [1.807, 2.05) is 24.4 Å². The van der Waals surface area contributed by atoms with E-state index < -0.39 is 0 Å². The highest BCUT2D eigenvalue weighted by Crippen LogP contribution is 2.21. The molecule has 3 nitrogen and oxygen atoms in total. The molecule has 0 spiro atoms. The van der Waals surface area contributed by atoms with Crippen LogP contribution < -0.4 is 5.32 Å². The van der Waals surface area contributed by atoms with Crippen molar-refractivity contribution in [3.63, 3.8) is 0 Å². The first kappa shape index (κ1) is 13.3. The molecule has 0 saturated carbocycles. The number of aromatic nitrogens is 1. The summed E-state index contributed by atoms with van der Waals surface area (Å²) in [4.78, 5) is 4.32. The minimum Gasteiger partial charge on any atom is -0.360 e. The molecule has 0 aliphatic carbocycles. The summed E-state index contributed by atoms with van der Waals surface area (Å²) in [5.41, 5.74) is 4.92. The Morgan fingerprint density at radius 1 is 1.37 bits per heavy atom. The lowest BCUT2D eigenvalue weighted by Crippen LogP contribution is -1.94. The fourth-order valence-electron chi connectivity index (χ4n) is 1.68. The lowest BCUT2D eigenvalue weighted by molar-refractivity contribution is 1.24. The second-order valence-electron chi connectivity index (χ2n) is 4.36. The Morgan fingerprint density at radius 2 is 2.16 bits per heavy atom. The van der Waals surface area contributed by atoms with Crippen LogP contribution in [0.4, 0.5) is 5.69 Å². The third-order valence-corrected chi connectivity index (χ3v) is 3.94. The molecule has 1 heterocycles. The first-order valence-electron chi connectivity index (χ1n) is 5.97. The van der Waals surface area contributed by atoms with Gasteiger partial charge in [-0.25, -0.2) is 4.98 Å². The fraction of sp³-hybridized carbons (Fsp3) is 0.200. The highest BCUT2D eigenvalue weighted by molar-refractivity contribution is 7.10. The Morgan fingerprint density at radius 3 is 2.79 bits per heavy atom. The number of anilines is 1. The van der Waals surface area contributed by atoms with Crippen molar-refractivity contribution >= 4 is 22.6 Å². The Bertz CT molecular complexity index is 662. The van der Waals surface area contributed by atoms with E-state index in [1.54, 1.807) is 6.20 Å². The van der Waals surface area contributed by atoms with Gasteiger partial charge < -0.3 is 5.32 Å². The van der Waals surface area contributed by atoms with Crippen LogP contribution in [0.1, 0.15) is 21.8 Å². The number of allylic oxidation sites excluding steroid dienone is 1. The van der Waals surface area contributed by atoms with Crippen LogP contribution in [-0.4, -0.2) is 4.98 Å². The number of nitrogens with zero attached hydrogens (tertiary/aromatic N) is 2. The predicted molar refractivity (Wildman–Crippen MR) is 80.0 cm³/mol. The molecule has 0 aliphatic rings. The first-order valence-corrected chi connectivity index (χ1v) is 6.85. The van der Waals surface area contributed by atoms with Crippen LogP contribution >= 0.6 is 11.3 Å². The van der Waals surface area contributed by atoms with E-state index in [4.69, 9.17) is 0 Å². The molecule has 0 unspecified atom stereocenters. The lowest BCUT2D eigenvalue weighted by Gasteiger charge is -2.08. The van der Waals surface area contributed by atoms with Gasteiger partial charge in [-0.15, -0.1) is 11.3 Å². The molecule has 2 rings (SSSR count). The third-order valence-electron chi connectivity index (χ3n) is 2.95. The number of hydrogen-bond acceptors (Lipinski definition) is 4. The highest BCUT2D eigenvalue weighted by Gasteiger charge is 2.05. The molecule has 1 aromatic heterocycles. The molecule has 0 atom stereocenters. The van der Waals surface area contributed by atoms with E-state index in [-0.39, 0.29) is 0 Å². The topological polar surface area (TPSA) is 48.7 Å². The van der Waals surface area contributed by atoms with Crippen molar-refractivity contribution in [1.82, 2.24) is 4.98 Å². The normalized spacial score (nSPS) is 11.2. The summed E-state index contributed by atoms with van der Waals surface area (Å²) in [7, 11) is 0. The van der Waals surface area contributed by atoms with Crippen molar-refractivity contribution in [2.75, 3.05) is 5.32 Å². The Labute approximate surface area is 117 Å². The molecule has 4 heteroatoms. The van der Waals surface area contributed by atoms with E-state index in [2.05, 4.69) is 36.3 Å². The van der Waals surface area contributed by atoms with Gasteiger partial charge in [0.2, 0.25) is 0 Å². The molecule has 0 saturated heterocycles. The maximum atomic E-state index is 9.20. The van der Waals surface area contributed by atoms with Gasteiger partial charge in [0.1, 0.15) is 16.6 Å². The van der Waals surface area contributed by atoms with Gasteiger partial charge in [-0.3, -0.25) is 0 Å². The smallest absolute Gasteiger partial charge is 0.135 e. The van der Waals surface area contributed by atoms with Crippen LogP contribution in [0.5, 0.6) is 0 Å². The van der Waals surface area contributed by atoms with Gasteiger partial charge in [0.05, 0.1) is 0 Å². The molecule has 96 valence electrons. The van der Waals surface area contributed by atoms with Gasteiger partial charge in [0, 0.05) is 23.0 Å². The van der Waals surface area contributed by atoms with E-state index in [9.17, 15) is 5.26 Å². The molecule has 0 amide bonds. The van der Waals surface area contributed by atoms with E-state index in [0.29, 0.717) is 5.57 Å². The molecular weight excluding hydrogens is 254 g/mol. The van der Waals surface area contributed by atoms with Gasteiger partial charge in [-0.05, 0) is 38.0 Å². The number of thiazole rings is 1. The van der Waals surface area contributed by atoms with Crippen molar-refractivity contribution in [2.45, 2.75) is 20.8 Å². The van der Waals surface area contributed by atoms with Crippen molar-refractivity contribution < 1.29 is 0 Å². The molecule has 0 radical (unpaired) electrons. The summed E-state index contributed by atoms with van der Waals surface area (Å²) in [6, 6.07) is 8.25. The third kappa shape index (κ3) is 3.01. The summed E-state index contributed by atoms with van der Waals surface area (Å²) < 4.78 is 0. The van der Waals surface area contributed by atoms with Gasteiger partial charge in [-0.2, -0.15) is 5.26 Å². The van der Waals surface area contributed by atoms with Crippen molar-refractivity contribution in [3.8, 4) is 6.07 Å². The molecule has 19 heavy (non-hydrogen) atoms. The van der Waals surface area contributed by atoms with E-state index >= 15 is 0 Å². The van der Waals surface area contributed by atoms with Gasteiger partial charge in [-0.1, -0.05) is 12.1 Å². The minimum absolute atomic E-state index is 0.555. The monoisotopic (exact) mass is 269 g/mol. The quantitative estimate of drug-likeness (QED) is 0.855. The zero-order chi connectivity index (χ0) is 13.8. The Hall–Kier alpha value is -2.12. The average Bonchev–Trinajstić information content (AvgIpc) is 2.82. The fourth-order valence-corrected chi connectivity index (χ4v) is 2.44. The van der Waals surface area contributed by atoms with Crippen LogP contribution in [0.3, 0.4) is 0 Å². The molecule has 0 bridgehead atoms. The molecule has 0 aliphatic heterocycles. The standard InChI is InChI=1S/C15H15N3S/c1-10-5-4-6-14(12(10)3)17-8-13(7-16)15-18-11(2)9-19-15/h4-6,8-9,17H,1-3H3/b13-8+. The summed E-state index contributed by atoms with van der Waals surface area (Å²) in [6.45, 7) is 6.05. The SMILES string of the molecule is Cc1csc(/C(C#N)=C/Nc2cccc(C)c2C)n1. The zero-order valence-corrected chi connectivity index (χ0v) is 12.0. The molecule has 1 N–H and O–H groups in total. The van der Waals surface area contributed by atoms with Crippen molar-refractivity contribution in [3.05, 3.63) is 51.6 Å². The predicted octanol–water partition coefficient (Wildman–Crippen LogP) is 4.04. The Kier molecular flexibility index (Phi) is 3.98. The summed E-state index contributed by atoms with van der Waals surface area (Å²) >= 11 is 1.48. The number of nitrogens with one attached hydrogen (secondary N) is 1. The van der Waals surface area contributed by atoms with Crippen molar-refractivity contribution in [2.24, 2.45) is 0 Å². The van der Waals surface area contributed by atoms with Crippen LogP contribution in [0, 0.1) is 32.1 Å². The second-order valence-corrected chi connectivity index (χ2v) is 5.21. The van der Waals surface area contributed by atoms with Gasteiger partial charge >= 0.3 is 0 Å². The largest absolute Gasteiger partial charge is 0.360 e. The Balaban J connectivity index is 2.26. The number of nitriles is 1. The highest BCUT2D eigenvalue weighted by atomic mass is 32.1. The molecule has 0 fully saturated rings. The average molecular weight is 269 g/mol. The van der Waals surface area contributed by atoms with Gasteiger partial charge in [0.15, 0.2) is 0 Å². The van der Waals surface area contributed by atoms with Crippen LogP contribution in [0.25, 0.3) is 5.57 Å². The maximum Gasteiger partial charge on any atom is 0.135 e. The van der Waals surface area contributed by atoms with Crippen LogP contribution in [-0.2, 0) is 0 Å². The first-order chi connectivity index (χ1) is 9.11. The summed E-state index contributed by atoms with van der Waals surface area (Å²) in [5.74, 6) is 0.